The lowest BCUT2D eigenvalue weighted by atomic mass is 10.2. The van der Waals surface area contributed by atoms with E-state index in [1.165, 1.54) is 11.2 Å². The van der Waals surface area contributed by atoms with Crippen LogP contribution in [-0.4, -0.2) is 15.9 Å². The van der Waals surface area contributed by atoms with E-state index in [0.717, 1.165) is 5.56 Å². The summed E-state index contributed by atoms with van der Waals surface area (Å²) in [6.07, 6.45) is 3.13. The minimum absolute atomic E-state index is 0.234. The molecule has 1 heterocycles. The maximum atomic E-state index is 11.9. The summed E-state index contributed by atoms with van der Waals surface area (Å²) in [5.41, 5.74) is 1.48. The van der Waals surface area contributed by atoms with Crippen molar-refractivity contribution in [3.63, 3.8) is 0 Å². The number of hydrogen-bond acceptors (Lipinski definition) is 3. The van der Waals surface area contributed by atoms with Crippen LogP contribution in [0, 0.1) is 0 Å². The van der Waals surface area contributed by atoms with Gasteiger partial charge in [-0.1, -0.05) is 30.3 Å². The minimum Gasteiger partial charge on any atom is -0.272 e. The molecule has 0 aliphatic carbocycles. The molecule has 1 aromatic heterocycles. The van der Waals surface area contributed by atoms with Gasteiger partial charge in [0.1, 0.15) is 0 Å². The number of hydrazine groups is 1. The van der Waals surface area contributed by atoms with E-state index >= 15 is 0 Å². The van der Waals surface area contributed by atoms with Gasteiger partial charge < -0.3 is 0 Å². The smallest absolute Gasteiger partial charge is 0.269 e. The molecule has 2 rings (SSSR count). The summed E-state index contributed by atoms with van der Waals surface area (Å²) in [5.74, 6) is 5.50. The van der Waals surface area contributed by atoms with Gasteiger partial charge in [0.05, 0.1) is 12.1 Å². The molecule has 86 valence electrons. The van der Waals surface area contributed by atoms with Crippen molar-refractivity contribution >= 4 is 5.91 Å². The number of benzene rings is 1. The summed E-state index contributed by atoms with van der Waals surface area (Å²) in [5, 5.41) is 1.19. The van der Waals surface area contributed by atoms with Crippen molar-refractivity contribution in [1.82, 2.24) is 9.99 Å². The van der Waals surface area contributed by atoms with Crippen molar-refractivity contribution in [2.75, 3.05) is 0 Å². The van der Waals surface area contributed by atoms with Gasteiger partial charge >= 0.3 is 0 Å². The standard InChI is InChI=1S/C13H13N3O/c14-16(10-11-5-2-1-3-6-11)13(17)12-7-4-8-15-9-12/h1-9H,10,14H2. The molecule has 2 N–H and O–H groups in total. The highest BCUT2D eigenvalue weighted by Crippen LogP contribution is 2.05. The third-order valence-electron chi connectivity index (χ3n) is 2.37. The van der Waals surface area contributed by atoms with E-state index in [0.29, 0.717) is 12.1 Å². The quantitative estimate of drug-likeness (QED) is 0.492. The van der Waals surface area contributed by atoms with E-state index in [9.17, 15) is 4.79 Å². The first-order valence-corrected chi connectivity index (χ1v) is 5.28. The lowest BCUT2D eigenvalue weighted by Crippen LogP contribution is -2.36. The average Bonchev–Trinajstić information content (AvgIpc) is 2.40. The summed E-state index contributed by atoms with van der Waals surface area (Å²) in [6.45, 7) is 0.383. The number of amides is 1. The molecule has 0 saturated heterocycles. The molecule has 4 heteroatoms. The van der Waals surface area contributed by atoms with Crippen molar-refractivity contribution < 1.29 is 4.79 Å². The molecule has 0 unspecified atom stereocenters. The van der Waals surface area contributed by atoms with Gasteiger partial charge in [0.2, 0.25) is 0 Å². The fraction of sp³-hybridized carbons (Fsp3) is 0.0769. The van der Waals surface area contributed by atoms with Crippen LogP contribution in [0.15, 0.2) is 54.9 Å². The van der Waals surface area contributed by atoms with Gasteiger partial charge in [0.25, 0.3) is 5.91 Å². The Labute approximate surface area is 99.7 Å². The number of aromatic nitrogens is 1. The van der Waals surface area contributed by atoms with Gasteiger partial charge in [0, 0.05) is 12.4 Å². The fourth-order valence-corrected chi connectivity index (χ4v) is 1.51. The molecule has 0 aliphatic heterocycles. The number of hydrogen-bond donors (Lipinski definition) is 1. The number of carbonyl (C=O) groups excluding carboxylic acids is 1. The lowest BCUT2D eigenvalue weighted by molar-refractivity contribution is 0.0742. The fourth-order valence-electron chi connectivity index (χ4n) is 1.51. The Morgan fingerprint density at radius 3 is 2.59 bits per heavy atom. The Balaban J connectivity index is 2.06. The van der Waals surface area contributed by atoms with Gasteiger partial charge in [-0.25, -0.2) is 5.84 Å². The van der Waals surface area contributed by atoms with E-state index in [4.69, 9.17) is 5.84 Å². The van der Waals surface area contributed by atoms with Crippen LogP contribution in [0.2, 0.25) is 0 Å². The summed E-state index contributed by atoms with van der Waals surface area (Å²) in [6, 6.07) is 13.0. The first kappa shape index (κ1) is 11.3. The van der Waals surface area contributed by atoms with Crippen molar-refractivity contribution in [3.8, 4) is 0 Å². The Morgan fingerprint density at radius 1 is 1.18 bits per heavy atom. The molecule has 0 aliphatic rings. The van der Waals surface area contributed by atoms with Crippen molar-refractivity contribution in [2.24, 2.45) is 5.84 Å². The SMILES string of the molecule is NN(Cc1ccccc1)C(=O)c1cccnc1. The van der Waals surface area contributed by atoms with E-state index in [1.807, 2.05) is 30.3 Å². The van der Waals surface area contributed by atoms with Crippen molar-refractivity contribution in [3.05, 3.63) is 66.0 Å². The number of nitrogens with zero attached hydrogens (tertiary/aromatic N) is 2. The topological polar surface area (TPSA) is 59.2 Å². The third-order valence-corrected chi connectivity index (χ3v) is 2.37. The number of carbonyl (C=O) groups is 1. The van der Waals surface area contributed by atoms with E-state index in [2.05, 4.69) is 4.98 Å². The zero-order chi connectivity index (χ0) is 12.1. The summed E-state index contributed by atoms with van der Waals surface area (Å²) in [4.78, 5) is 15.8. The van der Waals surface area contributed by atoms with Crippen LogP contribution in [0.5, 0.6) is 0 Å². The summed E-state index contributed by atoms with van der Waals surface area (Å²) >= 11 is 0. The van der Waals surface area contributed by atoms with Crippen LogP contribution in [0.25, 0.3) is 0 Å². The summed E-state index contributed by atoms with van der Waals surface area (Å²) in [7, 11) is 0. The first-order valence-electron chi connectivity index (χ1n) is 5.28. The van der Waals surface area contributed by atoms with Crippen LogP contribution >= 0.6 is 0 Å². The van der Waals surface area contributed by atoms with Crippen LogP contribution in [-0.2, 0) is 6.54 Å². The molecular weight excluding hydrogens is 214 g/mol. The predicted octanol–water partition coefficient (Wildman–Crippen LogP) is 1.60. The van der Waals surface area contributed by atoms with Gasteiger partial charge in [-0.2, -0.15) is 0 Å². The molecule has 0 bridgehead atoms. The number of nitrogens with two attached hydrogens (primary N) is 1. The maximum Gasteiger partial charge on any atom is 0.269 e. The minimum atomic E-state index is -0.234. The van der Waals surface area contributed by atoms with Crippen LogP contribution in [0.3, 0.4) is 0 Å². The maximum absolute atomic E-state index is 11.9. The Bertz CT molecular complexity index is 485. The van der Waals surface area contributed by atoms with Crippen LogP contribution in [0.4, 0.5) is 0 Å². The van der Waals surface area contributed by atoms with E-state index in [1.54, 1.807) is 18.3 Å². The molecule has 0 fully saturated rings. The van der Waals surface area contributed by atoms with Gasteiger partial charge in [-0.05, 0) is 17.7 Å². The summed E-state index contributed by atoms with van der Waals surface area (Å²) < 4.78 is 0. The van der Waals surface area contributed by atoms with Gasteiger partial charge in [-0.3, -0.25) is 14.8 Å². The second-order valence-electron chi connectivity index (χ2n) is 3.66. The highest BCUT2D eigenvalue weighted by atomic mass is 16.2. The number of pyridine rings is 1. The Morgan fingerprint density at radius 2 is 1.94 bits per heavy atom. The molecule has 1 amide bonds. The highest BCUT2D eigenvalue weighted by Gasteiger charge is 2.12. The molecule has 0 saturated carbocycles. The van der Waals surface area contributed by atoms with Crippen LogP contribution in [0.1, 0.15) is 15.9 Å². The predicted molar refractivity (Wildman–Crippen MR) is 64.7 cm³/mol. The van der Waals surface area contributed by atoms with Crippen molar-refractivity contribution in [1.29, 1.82) is 0 Å². The Kier molecular flexibility index (Phi) is 3.47. The van der Waals surface area contributed by atoms with Crippen LogP contribution < -0.4 is 5.84 Å². The molecule has 0 atom stereocenters. The zero-order valence-corrected chi connectivity index (χ0v) is 9.28. The molecule has 0 radical (unpaired) electrons. The van der Waals surface area contributed by atoms with E-state index in [-0.39, 0.29) is 5.91 Å². The van der Waals surface area contributed by atoms with Gasteiger partial charge in [0.15, 0.2) is 0 Å². The molecule has 0 spiro atoms. The molecular formula is C13H13N3O. The zero-order valence-electron chi connectivity index (χ0n) is 9.28. The first-order chi connectivity index (χ1) is 8.27. The Hall–Kier alpha value is -2.20. The lowest BCUT2D eigenvalue weighted by Gasteiger charge is -2.16. The largest absolute Gasteiger partial charge is 0.272 e. The van der Waals surface area contributed by atoms with Gasteiger partial charge in [-0.15, -0.1) is 0 Å². The average molecular weight is 227 g/mol. The monoisotopic (exact) mass is 227 g/mol. The third kappa shape index (κ3) is 2.89. The molecule has 2 aromatic rings. The molecule has 4 nitrogen and oxygen atoms in total. The highest BCUT2D eigenvalue weighted by molar-refractivity contribution is 5.93. The second-order valence-corrected chi connectivity index (χ2v) is 3.66. The normalized spacial score (nSPS) is 9.94. The number of rotatable bonds is 3. The molecule has 17 heavy (non-hydrogen) atoms. The second kappa shape index (κ2) is 5.23. The van der Waals surface area contributed by atoms with Crippen molar-refractivity contribution in [2.45, 2.75) is 6.54 Å². The molecule has 1 aromatic carbocycles. The van der Waals surface area contributed by atoms with E-state index < -0.39 is 0 Å².